The first kappa shape index (κ1) is 15.0. The van der Waals surface area contributed by atoms with Gasteiger partial charge >= 0.3 is 0 Å². The molecule has 1 aliphatic rings. The number of benzene rings is 1. The molecule has 2 nitrogen and oxygen atoms in total. The molecule has 5 heteroatoms. The number of rotatable bonds is 3. The summed E-state index contributed by atoms with van der Waals surface area (Å²) < 4.78 is 25.4. The van der Waals surface area contributed by atoms with E-state index >= 15 is 0 Å². The first-order valence-electron chi connectivity index (χ1n) is 6.37. The van der Waals surface area contributed by atoms with Crippen LogP contribution in [-0.2, 0) is 14.9 Å². The van der Waals surface area contributed by atoms with Gasteiger partial charge in [0.1, 0.15) is 12.4 Å². The highest BCUT2D eigenvalue weighted by molar-refractivity contribution is 6.74. The maximum Gasteiger partial charge on any atom is 0.210 e. The SMILES string of the molecule is CC(C)(C)[Si](C)(C)OC1(c2ccc(Cl)c(F)c2)CO1. The zero-order valence-corrected chi connectivity index (χ0v) is 13.8. The molecule has 2 rings (SSSR count). The predicted molar refractivity (Wildman–Crippen MR) is 77.3 cm³/mol. The largest absolute Gasteiger partial charge is 0.385 e. The van der Waals surface area contributed by atoms with Crippen molar-refractivity contribution in [2.75, 3.05) is 6.61 Å². The quantitative estimate of drug-likeness (QED) is 0.597. The van der Waals surface area contributed by atoms with Crippen LogP contribution in [0, 0.1) is 5.82 Å². The van der Waals surface area contributed by atoms with E-state index in [1.807, 2.05) is 0 Å². The van der Waals surface area contributed by atoms with E-state index in [9.17, 15) is 4.39 Å². The molecule has 0 aliphatic carbocycles. The van der Waals surface area contributed by atoms with Gasteiger partial charge in [-0.25, -0.2) is 4.39 Å². The highest BCUT2D eigenvalue weighted by Gasteiger charge is 2.54. The molecule has 0 bridgehead atoms. The normalized spacial score (nSPS) is 23.5. The molecule has 0 amide bonds. The van der Waals surface area contributed by atoms with E-state index in [1.54, 1.807) is 12.1 Å². The minimum atomic E-state index is -1.97. The van der Waals surface area contributed by atoms with Gasteiger partial charge in [0.05, 0.1) is 5.02 Å². The van der Waals surface area contributed by atoms with E-state index in [1.165, 1.54) is 6.07 Å². The Balaban J connectivity index is 2.27. The summed E-state index contributed by atoms with van der Waals surface area (Å²) in [6.07, 6.45) is 0. The Morgan fingerprint density at radius 3 is 2.37 bits per heavy atom. The van der Waals surface area contributed by atoms with Crippen molar-refractivity contribution in [2.45, 2.75) is 44.7 Å². The third-order valence-electron chi connectivity index (χ3n) is 3.99. The summed E-state index contributed by atoms with van der Waals surface area (Å²) in [7, 11) is -1.97. The molecule has 1 aromatic rings. The predicted octanol–water partition coefficient (Wildman–Crippen LogP) is 4.68. The summed E-state index contributed by atoms with van der Waals surface area (Å²) in [6.45, 7) is 11.3. The molecular formula is C14H20ClFO2Si. The maximum absolute atomic E-state index is 13.6. The fourth-order valence-corrected chi connectivity index (χ4v) is 3.13. The lowest BCUT2D eigenvalue weighted by atomic mass is 10.1. The number of hydrogen-bond acceptors (Lipinski definition) is 2. The van der Waals surface area contributed by atoms with Crippen LogP contribution in [0.3, 0.4) is 0 Å². The minimum absolute atomic E-state index is 0.0803. The second-order valence-electron chi connectivity index (χ2n) is 6.53. The minimum Gasteiger partial charge on any atom is -0.385 e. The molecule has 106 valence electrons. The molecule has 0 N–H and O–H groups in total. The van der Waals surface area contributed by atoms with Crippen LogP contribution in [0.2, 0.25) is 23.2 Å². The molecule has 19 heavy (non-hydrogen) atoms. The standard InChI is InChI=1S/C14H20ClFO2Si/c1-13(2,3)19(4,5)18-14(9-17-14)10-6-7-11(15)12(16)8-10/h6-8H,9H2,1-5H3. The summed E-state index contributed by atoms with van der Waals surface area (Å²) >= 11 is 5.71. The van der Waals surface area contributed by atoms with E-state index in [4.69, 9.17) is 20.8 Å². The van der Waals surface area contributed by atoms with Crippen molar-refractivity contribution < 1.29 is 13.6 Å². The summed E-state index contributed by atoms with van der Waals surface area (Å²) in [5.41, 5.74) is 0.708. The van der Waals surface area contributed by atoms with Crippen molar-refractivity contribution in [3.05, 3.63) is 34.6 Å². The van der Waals surface area contributed by atoms with E-state index in [0.717, 1.165) is 0 Å². The Kier molecular flexibility index (Phi) is 3.59. The Labute approximate surface area is 120 Å². The second kappa shape index (κ2) is 4.55. The van der Waals surface area contributed by atoms with Gasteiger partial charge in [-0.3, -0.25) is 0 Å². The van der Waals surface area contributed by atoms with Gasteiger partial charge in [0.2, 0.25) is 5.79 Å². The molecule has 1 atom stereocenters. The molecule has 0 saturated carbocycles. The van der Waals surface area contributed by atoms with Gasteiger partial charge < -0.3 is 9.16 Å². The topological polar surface area (TPSA) is 21.8 Å². The lowest BCUT2D eigenvalue weighted by molar-refractivity contribution is 0.0448. The highest BCUT2D eigenvalue weighted by atomic mass is 35.5. The van der Waals surface area contributed by atoms with E-state index < -0.39 is 19.9 Å². The van der Waals surface area contributed by atoms with Crippen molar-refractivity contribution >= 4 is 19.9 Å². The molecule has 1 heterocycles. The molecule has 0 spiro atoms. The van der Waals surface area contributed by atoms with Crippen molar-refractivity contribution in [1.82, 2.24) is 0 Å². The third-order valence-corrected chi connectivity index (χ3v) is 8.75. The van der Waals surface area contributed by atoms with Crippen molar-refractivity contribution in [3.63, 3.8) is 0 Å². The van der Waals surface area contributed by atoms with E-state index in [-0.39, 0.29) is 10.1 Å². The van der Waals surface area contributed by atoms with E-state index in [0.29, 0.717) is 12.2 Å². The fourth-order valence-electron chi connectivity index (χ4n) is 1.65. The first-order chi connectivity index (χ1) is 8.57. The Hall–Kier alpha value is -0.423. The van der Waals surface area contributed by atoms with Gasteiger partial charge in [-0.1, -0.05) is 38.4 Å². The van der Waals surface area contributed by atoms with Crippen LogP contribution in [-0.4, -0.2) is 14.9 Å². The van der Waals surface area contributed by atoms with Crippen LogP contribution in [0.4, 0.5) is 4.39 Å². The first-order valence-corrected chi connectivity index (χ1v) is 9.66. The highest BCUT2D eigenvalue weighted by Crippen LogP contribution is 2.48. The lowest BCUT2D eigenvalue weighted by Crippen LogP contribution is -2.44. The summed E-state index contributed by atoms with van der Waals surface area (Å²) in [5.74, 6) is -1.21. The molecule has 1 aliphatic heterocycles. The lowest BCUT2D eigenvalue weighted by Gasteiger charge is -2.38. The fraction of sp³-hybridized carbons (Fsp3) is 0.571. The van der Waals surface area contributed by atoms with Gasteiger partial charge in [-0.2, -0.15) is 0 Å². The zero-order chi connectivity index (χ0) is 14.5. The number of halogens is 2. The third kappa shape index (κ3) is 2.87. The van der Waals surface area contributed by atoms with Crippen LogP contribution in [0.5, 0.6) is 0 Å². The molecule has 1 fully saturated rings. The van der Waals surface area contributed by atoms with Gasteiger partial charge in [0.15, 0.2) is 8.32 Å². The number of ether oxygens (including phenoxy) is 1. The average Bonchev–Trinajstić information content (AvgIpc) is 3.00. The second-order valence-corrected chi connectivity index (χ2v) is 11.7. The number of hydrogen-bond donors (Lipinski definition) is 0. The average molecular weight is 303 g/mol. The summed E-state index contributed by atoms with van der Waals surface area (Å²) in [4.78, 5) is 0. The van der Waals surface area contributed by atoms with Crippen molar-refractivity contribution in [1.29, 1.82) is 0 Å². The molecule has 0 aromatic heterocycles. The number of epoxide rings is 1. The molecule has 1 unspecified atom stereocenters. The van der Waals surface area contributed by atoms with Crippen LogP contribution < -0.4 is 0 Å². The van der Waals surface area contributed by atoms with Crippen LogP contribution in [0.15, 0.2) is 18.2 Å². The van der Waals surface area contributed by atoms with Crippen LogP contribution in [0.1, 0.15) is 26.3 Å². The Morgan fingerprint density at radius 2 is 1.95 bits per heavy atom. The Morgan fingerprint density at radius 1 is 1.37 bits per heavy atom. The summed E-state index contributed by atoms with van der Waals surface area (Å²) in [5, 5.41) is 0.198. The van der Waals surface area contributed by atoms with Gasteiger partial charge in [-0.15, -0.1) is 0 Å². The van der Waals surface area contributed by atoms with Gasteiger partial charge in [-0.05, 0) is 30.3 Å². The van der Waals surface area contributed by atoms with E-state index in [2.05, 4.69) is 33.9 Å². The molecule has 0 radical (unpaired) electrons. The van der Waals surface area contributed by atoms with Gasteiger partial charge in [0, 0.05) is 5.56 Å². The van der Waals surface area contributed by atoms with Gasteiger partial charge in [0.25, 0.3) is 0 Å². The molecule has 1 saturated heterocycles. The van der Waals surface area contributed by atoms with Crippen LogP contribution >= 0.6 is 11.6 Å². The summed E-state index contributed by atoms with van der Waals surface area (Å²) in [6, 6.07) is 4.72. The van der Waals surface area contributed by atoms with Crippen molar-refractivity contribution in [3.8, 4) is 0 Å². The molecular weight excluding hydrogens is 283 g/mol. The van der Waals surface area contributed by atoms with Crippen LogP contribution in [0.25, 0.3) is 0 Å². The smallest absolute Gasteiger partial charge is 0.210 e. The monoisotopic (exact) mass is 302 g/mol. The maximum atomic E-state index is 13.6. The molecule has 1 aromatic carbocycles. The Bertz CT molecular complexity index is 493. The zero-order valence-electron chi connectivity index (χ0n) is 12.0. The van der Waals surface area contributed by atoms with Crippen molar-refractivity contribution in [2.24, 2.45) is 0 Å².